The highest BCUT2D eigenvalue weighted by molar-refractivity contribution is 5.93. The average Bonchev–Trinajstić information content (AvgIpc) is 2.52. The number of carbonyl (C=O) groups excluding carboxylic acids is 1. The molecule has 1 aromatic rings. The molecule has 0 atom stereocenters. The van der Waals surface area contributed by atoms with Gasteiger partial charge in [0.15, 0.2) is 0 Å². The van der Waals surface area contributed by atoms with Gasteiger partial charge in [0, 0.05) is 44.6 Å². The van der Waals surface area contributed by atoms with Crippen molar-refractivity contribution in [2.45, 2.75) is 6.92 Å². The first-order valence-electron chi connectivity index (χ1n) is 7.07. The van der Waals surface area contributed by atoms with Crippen molar-refractivity contribution in [1.82, 2.24) is 15.2 Å². The first kappa shape index (κ1) is 14.5. The van der Waals surface area contributed by atoms with Crippen LogP contribution in [0.1, 0.15) is 17.4 Å². The third-order valence-corrected chi connectivity index (χ3v) is 3.57. The lowest BCUT2D eigenvalue weighted by molar-refractivity contribution is 0.0953. The SMILES string of the molecule is C=CCNC(=O)c1cc(N2CCN(CC)CC2)ccn1. The van der Waals surface area contributed by atoms with Gasteiger partial charge < -0.3 is 15.1 Å². The number of pyridine rings is 1. The smallest absolute Gasteiger partial charge is 0.270 e. The Morgan fingerprint density at radius 1 is 1.45 bits per heavy atom. The van der Waals surface area contributed by atoms with E-state index >= 15 is 0 Å². The number of carbonyl (C=O) groups is 1. The van der Waals surface area contributed by atoms with Crippen molar-refractivity contribution in [3.63, 3.8) is 0 Å². The summed E-state index contributed by atoms with van der Waals surface area (Å²) >= 11 is 0. The molecular weight excluding hydrogens is 252 g/mol. The lowest BCUT2D eigenvalue weighted by atomic mass is 10.2. The van der Waals surface area contributed by atoms with Crippen LogP contribution in [0.2, 0.25) is 0 Å². The number of piperazine rings is 1. The van der Waals surface area contributed by atoms with Crippen LogP contribution in [0.5, 0.6) is 0 Å². The molecule has 2 heterocycles. The van der Waals surface area contributed by atoms with Crippen LogP contribution in [0, 0.1) is 0 Å². The summed E-state index contributed by atoms with van der Waals surface area (Å²) in [7, 11) is 0. The predicted molar refractivity (Wildman–Crippen MR) is 81.1 cm³/mol. The minimum Gasteiger partial charge on any atom is -0.369 e. The fourth-order valence-electron chi connectivity index (χ4n) is 2.32. The van der Waals surface area contributed by atoms with Gasteiger partial charge in [-0.15, -0.1) is 6.58 Å². The van der Waals surface area contributed by atoms with E-state index in [4.69, 9.17) is 0 Å². The Hall–Kier alpha value is -1.88. The third-order valence-electron chi connectivity index (χ3n) is 3.57. The van der Waals surface area contributed by atoms with E-state index in [1.807, 2.05) is 12.1 Å². The molecule has 0 unspecified atom stereocenters. The quantitative estimate of drug-likeness (QED) is 0.818. The zero-order valence-electron chi connectivity index (χ0n) is 12.0. The van der Waals surface area contributed by atoms with E-state index in [-0.39, 0.29) is 5.91 Å². The molecule has 0 radical (unpaired) electrons. The minimum absolute atomic E-state index is 0.154. The Kier molecular flexibility index (Phi) is 5.12. The second-order valence-corrected chi connectivity index (χ2v) is 4.82. The molecule has 0 aliphatic carbocycles. The number of anilines is 1. The van der Waals surface area contributed by atoms with Crippen LogP contribution >= 0.6 is 0 Å². The molecule has 1 aliphatic rings. The Bertz CT molecular complexity index is 467. The second-order valence-electron chi connectivity index (χ2n) is 4.82. The predicted octanol–water partition coefficient (Wildman–Crippen LogP) is 1.14. The molecule has 0 saturated carbocycles. The maximum atomic E-state index is 11.9. The summed E-state index contributed by atoms with van der Waals surface area (Å²) in [4.78, 5) is 20.8. The van der Waals surface area contributed by atoms with Gasteiger partial charge in [-0.25, -0.2) is 0 Å². The maximum Gasteiger partial charge on any atom is 0.270 e. The van der Waals surface area contributed by atoms with Gasteiger partial charge in [-0.05, 0) is 18.7 Å². The molecule has 1 aliphatic heterocycles. The molecule has 20 heavy (non-hydrogen) atoms. The standard InChI is InChI=1S/C15H22N4O/c1-3-6-17-15(20)14-12-13(5-7-16-14)19-10-8-18(4-2)9-11-19/h3,5,7,12H,1,4,6,8-11H2,2H3,(H,17,20). The van der Waals surface area contributed by atoms with Crippen molar-refractivity contribution < 1.29 is 4.79 Å². The summed E-state index contributed by atoms with van der Waals surface area (Å²) in [5, 5.41) is 2.75. The zero-order valence-corrected chi connectivity index (χ0v) is 12.0. The molecule has 0 aromatic carbocycles. The lowest BCUT2D eigenvalue weighted by Crippen LogP contribution is -2.46. The summed E-state index contributed by atoms with van der Waals surface area (Å²) < 4.78 is 0. The second kappa shape index (κ2) is 7.05. The number of hydrogen-bond donors (Lipinski definition) is 1. The summed E-state index contributed by atoms with van der Waals surface area (Å²) in [5.74, 6) is -0.154. The van der Waals surface area contributed by atoms with Crippen LogP contribution < -0.4 is 10.2 Å². The molecule has 5 heteroatoms. The molecule has 1 N–H and O–H groups in total. The van der Waals surface area contributed by atoms with E-state index in [0.29, 0.717) is 12.2 Å². The number of hydrogen-bond acceptors (Lipinski definition) is 4. The molecule has 2 rings (SSSR count). The number of nitrogens with one attached hydrogen (secondary N) is 1. The van der Waals surface area contributed by atoms with Crippen LogP contribution in [-0.2, 0) is 0 Å². The molecular formula is C15H22N4O. The largest absolute Gasteiger partial charge is 0.369 e. The van der Waals surface area contributed by atoms with Crippen molar-refractivity contribution in [3.8, 4) is 0 Å². The van der Waals surface area contributed by atoms with Gasteiger partial charge in [-0.3, -0.25) is 9.78 Å². The van der Waals surface area contributed by atoms with Crippen LogP contribution in [-0.4, -0.2) is 55.1 Å². The lowest BCUT2D eigenvalue weighted by Gasteiger charge is -2.35. The van der Waals surface area contributed by atoms with E-state index < -0.39 is 0 Å². The monoisotopic (exact) mass is 274 g/mol. The molecule has 5 nitrogen and oxygen atoms in total. The van der Waals surface area contributed by atoms with Crippen molar-refractivity contribution in [2.75, 3.05) is 44.2 Å². The average molecular weight is 274 g/mol. The Morgan fingerprint density at radius 2 is 2.20 bits per heavy atom. The van der Waals surface area contributed by atoms with Gasteiger partial charge in [0.1, 0.15) is 5.69 Å². The van der Waals surface area contributed by atoms with Gasteiger partial charge in [-0.1, -0.05) is 13.0 Å². The van der Waals surface area contributed by atoms with E-state index in [2.05, 4.69) is 33.6 Å². The molecule has 1 amide bonds. The number of nitrogens with zero attached hydrogens (tertiary/aromatic N) is 3. The van der Waals surface area contributed by atoms with Gasteiger partial charge in [0.05, 0.1) is 0 Å². The summed E-state index contributed by atoms with van der Waals surface area (Å²) in [5.41, 5.74) is 1.53. The molecule has 1 saturated heterocycles. The van der Waals surface area contributed by atoms with Crippen molar-refractivity contribution >= 4 is 11.6 Å². The highest BCUT2D eigenvalue weighted by atomic mass is 16.1. The van der Waals surface area contributed by atoms with E-state index in [1.165, 1.54) is 0 Å². The highest BCUT2D eigenvalue weighted by Crippen LogP contribution is 2.16. The Morgan fingerprint density at radius 3 is 2.85 bits per heavy atom. The van der Waals surface area contributed by atoms with Crippen molar-refractivity contribution in [2.24, 2.45) is 0 Å². The first-order chi connectivity index (χ1) is 9.74. The molecule has 0 spiro atoms. The fourth-order valence-corrected chi connectivity index (χ4v) is 2.32. The van der Waals surface area contributed by atoms with Gasteiger partial charge in [-0.2, -0.15) is 0 Å². The van der Waals surface area contributed by atoms with Crippen molar-refractivity contribution in [1.29, 1.82) is 0 Å². The Labute approximate surface area is 120 Å². The van der Waals surface area contributed by atoms with Crippen molar-refractivity contribution in [3.05, 3.63) is 36.7 Å². The molecule has 108 valence electrons. The summed E-state index contributed by atoms with van der Waals surface area (Å²) in [6, 6.07) is 3.83. The molecule has 0 bridgehead atoms. The van der Waals surface area contributed by atoms with Crippen LogP contribution in [0.4, 0.5) is 5.69 Å². The van der Waals surface area contributed by atoms with E-state index in [9.17, 15) is 4.79 Å². The number of amides is 1. The fraction of sp³-hybridized carbons (Fsp3) is 0.467. The minimum atomic E-state index is -0.154. The zero-order chi connectivity index (χ0) is 14.4. The molecule has 1 aromatic heterocycles. The topological polar surface area (TPSA) is 48.5 Å². The van der Waals surface area contributed by atoms with Gasteiger partial charge in [0.25, 0.3) is 5.91 Å². The number of rotatable bonds is 5. The highest BCUT2D eigenvalue weighted by Gasteiger charge is 2.17. The number of aromatic nitrogens is 1. The van der Waals surface area contributed by atoms with Crippen LogP contribution in [0.15, 0.2) is 31.0 Å². The summed E-state index contributed by atoms with van der Waals surface area (Å²) in [6.07, 6.45) is 3.36. The maximum absolute atomic E-state index is 11.9. The Balaban J connectivity index is 2.02. The third kappa shape index (κ3) is 3.57. The van der Waals surface area contributed by atoms with Crippen LogP contribution in [0.3, 0.4) is 0 Å². The van der Waals surface area contributed by atoms with Crippen LogP contribution in [0.25, 0.3) is 0 Å². The van der Waals surface area contributed by atoms with Gasteiger partial charge in [0.2, 0.25) is 0 Å². The van der Waals surface area contributed by atoms with E-state index in [1.54, 1.807) is 12.3 Å². The summed E-state index contributed by atoms with van der Waals surface area (Å²) in [6.45, 7) is 11.4. The normalized spacial score (nSPS) is 15.9. The first-order valence-corrected chi connectivity index (χ1v) is 7.07. The number of likely N-dealkylation sites (N-methyl/N-ethyl adjacent to an activating group) is 1. The van der Waals surface area contributed by atoms with Gasteiger partial charge >= 0.3 is 0 Å². The molecule has 1 fully saturated rings. The van der Waals surface area contributed by atoms with E-state index in [0.717, 1.165) is 38.4 Å².